The molecular formula is C18H30N2O. The van der Waals surface area contributed by atoms with Crippen molar-refractivity contribution in [3.05, 3.63) is 35.4 Å². The molecule has 21 heavy (non-hydrogen) atoms. The van der Waals surface area contributed by atoms with Gasteiger partial charge in [-0.1, -0.05) is 37.6 Å². The number of hydrogen-bond acceptors (Lipinski definition) is 2. The van der Waals surface area contributed by atoms with Gasteiger partial charge in [-0.05, 0) is 51.7 Å². The Balaban J connectivity index is 2.44. The van der Waals surface area contributed by atoms with Crippen LogP contribution in [-0.2, 0) is 11.2 Å². The van der Waals surface area contributed by atoms with Crippen LogP contribution in [0.3, 0.4) is 0 Å². The molecule has 0 spiro atoms. The Hall–Kier alpha value is -1.35. The summed E-state index contributed by atoms with van der Waals surface area (Å²) in [6.07, 6.45) is 3.61. The minimum absolute atomic E-state index is 0.0360. The Kier molecular flexibility index (Phi) is 6.90. The molecule has 0 aliphatic carbocycles. The molecule has 1 aromatic rings. The van der Waals surface area contributed by atoms with Gasteiger partial charge in [0.05, 0.1) is 6.54 Å². The molecule has 0 aliphatic heterocycles. The van der Waals surface area contributed by atoms with E-state index in [4.69, 9.17) is 0 Å². The predicted octanol–water partition coefficient (Wildman–Crippen LogP) is 3.59. The molecule has 0 saturated heterocycles. The van der Waals surface area contributed by atoms with Crippen molar-refractivity contribution in [3.63, 3.8) is 0 Å². The zero-order valence-corrected chi connectivity index (χ0v) is 14.1. The first-order valence-corrected chi connectivity index (χ1v) is 7.95. The zero-order valence-electron chi connectivity index (χ0n) is 14.1. The number of hydrogen-bond donors (Lipinski definition) is 2. The molecule has 0 heterocycles. The highest BCUT2D eigenvalue weighted by Crippen LogP contribution is 2.14. The van der Waals surface area contributed by atoms with Crippen molar-refractivity contribution in [1.29, 1.82) is 0 Å². The van der Waals surface area contributed by atoms with Crippen LogP contribution < -0.4 is 10.6 Å². The van der Waals surface area contributed by atoms with E-state index in [9.17, 15) is 4.79 Å². The van der Waals surface area contributed by atoms with Crippen molar-refractivity contribution in [2.45, 2.75) is 65.5 Å². The lowest BCUT2D eigenvalue weighted by Gasteiger charge is -2.22. The summed E-state index contributed by atoms with van der Waals surface area (Å²) in [6.45, 7) is 10.6. The lowest BCUT2D eigenvalue weighted by molar-refractivity contribution is -0.121. The van der Waals surface area contributed by atoms with Crippen molar-refractivity contribution < 1.29 is 4.79 Å². The summed E-state index contributed by atoms with van der Waals surface area (Å²) >= 11 is 0. The van der Waals surface area contributed by atoms with Crippen LogP contribution in [0.4, 0.5) is 0 Å². The Morgan fingerprint density at radius 3 is 2.33 bits per heavy atom. The van der Waals surface area contributed by atoms with E-state index in [0.29, 0.717) is 6.54 Å². The molecule has 3 nitrogen and oxygen atoms in total. The molecule has 0 aromatic heterocycles. The van der Waals surface area contributed by atoms with Crippen LogP contribution >= 0.6 is 0 Å². The van der Waals surface area contributed by atoms with Crippen LogP contribution in [0.5, 0.6) is 0 Å². The zero-order chi connectivity index (χ0) is 15.9. The largest absolute Gasteiger partial charge is 0.350 e. The van der Waals surface area contributed by atoms with Gasteiger partial charge < -0.3 is 10.6 Å². The first kappa shape index (κ1) is 17.7. The fourth-order valence-electron chi connectivity index (χ4n) is 2.18. The van der Waals surface area contributed by atoms with E-state index < -0.39 is 0 Å². The topological polar surface area (TPSA) is 41.1 Å². The van der Waals surface area contributed by atoms with Crippen molar-refractivity contribution in [2.24, 2.45) is 0 Å². The molecule has 0 bridgehead atoms. The minimum atomic E-state index is -0.178. The number of benzene rings is 1. The Morgan fingerprint density at radius 2 is 1.81 bits per heavy atom. The van der Waals surface area contributed by atoms with Gasteiger partial charge in [0.15, 0.2) is 0 Å². The highest BCUT2D eigenvalue weighted by molar-refractivity contribution is 5.78. The van der Waals surface area contributed by atoms with E-state index in [0.717, 1.165) is 6.42 Å². The van der Waals surface area contributed by atoms with Crippen molar-refractivity contribution in [2.75, 3.05) is 6.54 Å². The summed E-state index contributed by atoms with van der Waals surface area (Å²) in [5.74, 6) is 0.0360. The molecule has 0 radical (unpaired) electrons. The molecular weight excluding hydrogens is 260 g/mol. The number of aryl methyl sites for hydroxylation is 1. The number of unbranched alkanes of at least 4 members (excludes halogenated alkanes) is 1. The summed E-state index contributed by atoms with van der Waals surface area (Å²) in [6, 6.07) is 8.88. The fourth-order valence-corrected chi connectivity index (χ4v) is 2.18. The van der Waals surface area contributed by atoms with Gasteiger partial charge in [-0.25, -0.2) is 0 Å². The van der Waals surface area contributed by atoms with Gasteiger partial charge in [0.25, 0.3) is 0 Å². The van der Waals surface area contributed by atoms with Gasteiger partial charge >= 0.3 is 0 Å². The fraction of sp³-hybridized carbons (Fsp3) is 0.611. The molecule has 0 saturated carbocycles. The molecule has 1 atom stereocenters. The van der Waals surface area contributed by atoms with E-state index in [1.54, 1.807) is 0 Å². The summed E-state index contributed by atoms with van der Waals surface area (Å²) in [5.41, 5.74) is 2.43. The van der Waals surface area contributed by atoms with Crippen LogP contribution in [0.1, 0.15) is 64.6 Å². The molecule has 1 rings (SSSR count). The lowest BCUT2D eigenvalue weighted by atomic mass is 10.0. The summed E-state index contributed by atoms with van der Waals surface area (Å²) < 4.78 is 0. The number of nitrogens with one attached hydrogen (secondary N) is 2. The molecule has 1 aromatic carbocycles. The van der Waals surface area contributed by atoms with Crippen LogP contribution in [0.2, 0.25) is 0 Å². The van der Waals surface area contributed by atoms with Gasteiger partial charge in [-0.3, -0.25) is 4.79 Å². The van der Waals surface area contributed by atoms with E-state index in [-0.39, 0.29) is 17.5 Å². The first-order valence-electron chi connectivity index (χ1n) is 7.95. The van der Waals surface area contributed by atoms with Gasteiger partial charge in [-0.2, -0.15) is 0 Å². The molecule has 1 unspecified atom stereocenters. The third-order valence-corrected chi connectivity index (χ3v) is 3.38. The van der Waals surface area contributed by atoms with E-state index in [1.807, 2.05) is 20.8 Å². The molecule has 118 valence electrons. The van der Waals surface area contributed by atoms with E-state index >= 15 is 0 Å². The highest BCUT2D eigenvalue weighted by atomic mass is 16.2. The average Bonchev–Trinajstić information content (AvgIpc) is 2.41. The molecule has 2 N–H and O–H groups in total. The number of amides is 1. The maximum absolute atomic E-state index is 11.8. The molecule has 3 heteroatoms. The van der Waals surface area contributed by atoms with Gasteiger partial charge in [0.1, 0.15) is 0 Å². The molecule has 0 aliphatic rings. The maximum Gasteiger partial charge on any atom is 0.234 e. The highest BCUT2D eigenvalue weighted by Gasteiger charge is 2.14. The average molecular weight is 290 g/mol. The maximum atomic E-state index is 11.8. The Bertz CT molecular complexity index is 432. The summed E-state index contributed by atoms with van der Waals surface area (Å²) in [5, 5.41) is 6.23. The molecule has 0 fully saturated rings. The summed E-state index contributed by atoms with van der Waals surface area (Å²) in [7, 11) is 0. The number of rotatable bonds is 7. The number of carbonyl (C=O) groups is 1. The second kappa shape index (κ2) is 8.18. The van der Waals surface area contributed by atoms with Crippen molar-refractivity contribution >= 4 is 5.91 Å². The normalized spacial score (nSPS) is 13.0. The monoisotopic (exact) mass is 290 g/mol. The van der Waals surface area contributed by atoms with Crippen LogP contribution in [-0.4, -0.2) is 18.0 Å². The van der Waals surface area contributed by atoms with E-state index in [1.165, 1.54) is 24.0 Å². The molecule has 1 amide bonds. The van der Waals surface area contributed by atoms with Crippen LogP contribution in [0.15, 0.2) is 24.3 Å². The van der Waals surface area contributed by atoms with Crippen molar-refractivity contribution in [1.82, 2.24) is 10.6 Å². The predicted molar refractivity (Wildman–Crippen MR) is 89.4 cm³/mol. The first-order chi connectivity index (χ1) is 9.81. The quantitative estimate of drug-likeness (QED) is 0.805. The minimum Gasteiger partial charge on any atom is -0.350 e. The van der Waals surface area contributed by atoms with Crippen LogP contribution in [0.25, 0.3) is 0 Å². The Labute approximate surface area is 129 Å². The third kappa shape index (κ3) is 7.28. The standard InChI is InChI=1S/C18H30N2O/c1-6-7-8-15-9-11-16(12-10-15)14(2)19-13-17(21)20-18(3,4)5/h9-12,14,19H,6-8,13H2,1-5H3,(H,20,21). The van der Waals surface area contributed by atoms with Gasteiger partial charge in [-0.15, -0.1) is 0 Å². The third-order valence-electron chi connectivity index (χ3n) is 3.38. The van der Waals surface area contributed by atoms with E-state index in [2.05, 4.69) is 48.7 Å². The smallest absolute Gasteiger partial charge is 0.234 e. The second-order valence-corrected chi connectivity index (χ2v) is 6.75. The van der Waals surface area contributed by atoms with Gasteiger partial charge in [0, 0.05) is 11.6 Å². The Morgan fingerprint density at radius 1 is 1.19 bits per heavy atom. The lowest BCUT2D eigenvalue weighted by Crippen LogP contribution is -2.45. The van der Waals surface area contributed by atoms with Gasteiger partial charge in [0.2, 0.25) is 5.91 Å². The van der Waals surface area contributed by atoms with Crippen molar-refractivity contribution in [3.8, 4) is 0 Å². The summed E-state index contributed by atoms with van der Waals surface area (Å²) in [4.78, 5) is 11.8. The second-order valence-electron chi connectivity index (χ2n) is 6.75. The number of carbonyl (C=O) groups excluding carboxylic acids is 1. The van der Waals surface area contributed by atoms with Crippen LogP contribution in [0, 0.1) is 0 Å². The SMILES string of the molecule is CCCCc1ccc(C(C)NCC(=O)NC(C)(C)C)cc1.